The highest BCUT2D eigenvalue weighted by Crippen LogP contribution is 2.47. The number of hydrogen-bond donors (Lipinski definition) is 0. The summed E-state index contributed by atoms with van der Waals surface area (Å²) in [5, 5.41) is 0. The van der Waals surface area contributed by atoms with Gasteiger partial charge in [-0.3, -0.25) is 19.2 Å². The van der Waals surface area contributed by atoms with Gasteiger partial charge < -0.3 is 4.90 Å². The first kappa shape index (κ1) is 22.9. The van der Waals surface area contributed by atoms with Gasteiger partial charge >= 0.3 is 0 Å². The van der Waals surface area contributed by atoms with Crippen LogP contribution in [0.3, 0.4) is 0 Å². The summed E-state index contributed by atoms with van der Waals surface area (Å²) in [6.07, 6.45) is 5.11. The Morgan fingerprint density at radius 3 is 1.97 bits per heavy atom. The van der Waals surface area contributed by atoms with Crippen molar-refractivity contribution in [2.75, 3.05) is 4.90 Å². The topological polar surface area (TPSA) is 74.8 Å². The molecule has 0 aromatic heterocycles. The summed E-state index contributed by atoms with van der Waals surface area (Å²) < 4.78 is 0. The van der Waals surface area contributed by atoms with E-state index in [9.17, 15) is 19.2 Å². The molecule has 3 aromatic carbocycles. The lowest BCUT2D eigenvalue weighted by molar-refractivity contribution is -0.123. The summed E-state index contributed by atoms with van der Waals surface area (Å²) in [6.45, 7) is 1.93. The Labute approximate surface area is 214 Å². The number of anilines is 1. The number of hydrogen-bond acceptors (Lipinski definition) is 5. The highest BCUT2D eigenvalue weighted by molar-refractivity contribution is 6.25. The van der Waals surface area contributed by atoms with Gasteiger partial charge in [-0.15, -0.1) is 0 Å². The molecule has 2 saturated heterocycles. The van der Waals surface area contributed by atoms with Crippen LogP contribution in [0.4, 0.5) is 5.69 Å². The molecule has 0 radical (unpaired) electrons. The smallest absolute Gasteiger partial charge is 0.240 e. The Bertz CT molecular complexity index is 1470. The van der Waals surface area contributed by atoms with Gasteiger partial charge in [0.1, 0.15) is 6.04 Å². The van der Waals surface area contributed by atoms with Gasteiger partial charge in [-0.25, -0.2) is 4.90 Å². The number of ketones is 2. The van der Waals surface area contributed by atoms with Crippen molar-refractivity contribution in [3.63, 3.8) is 0 Å². The van der Waals surface area contributed by atoms with Gasteiger partial charge in [0, 0.05) is 22.9 Å². The van der Waals surface area contributed by atoms with Crippen molar-refractivity contribution < 1.29 is 19.2 Å². The van der Waals surface area contributed by atoms with E-state index in [0.29, 0.717) is 22.4 Å². The monoisotopic (exact) mass is 488 g/mol. The molecule has 6 nitrogen and oxygen atoms in total. The Morgan fingerprint density at radius 2 is 1.32 bits per heavy atom. The molecule has 2 fully saturated rings. The fourth-order valence-corrected chi connectivity index (χ4v) is 5.68. The van der Waals surface area contributed by atoms with Crippen molar-refractivity contribution in [1.82, 2.24) is 4.90 Å². The highest BCUT2D eigenvalue weighted by atomic mass is 16.2. The second-order valence-electron chi connectivity index (χ2n) is 9.64. The van der Waals surface area contributed by atoms with Crippen LogP contribution in [0.1, 0.15) is 26.3 Å². The summed E-state index contributed by atoms with van der Waals surface area (Å²) in [5.41, 5.74) is 2.95. The van der Waals surface area contributed by atoms with E-state index in [4.69, 9.17) is 0 Å². The lowest BCUT2D eigenvalue weighted by atomic mass is 9.85. The summed E-state index contributed by atoms with van der Waals surface area (Å²) in [5.74, 6) is -2.77. The molecule has 6 heteroatoms. The van der Waals surface area contributed by atoms with Gasteiger partial charge in [-0.2, -0.15) is 0 Å². The summed E-state index contributed by atoms with van der Waals surface area (Å²) in [6, 6.07) is 23.5. The number of carbonyl (C=O) groups excluding carboxylic acids is 4. The maximum Gasteiger partial charge on any atom is 0.240 e. The Hall–Kier alpha value is -4.58. The predicted molar refractivity (Wildman–Crippen MR) is 139 cm³/mol. The molecule has 6 rings (SSSR count). The zero-order valence-electron chi connectivity index (χ0n) is 20.2. The van der Waals surface area contributed by atoms with Gasteiger partial charge in [0.25, 0.3) is 0 Å². The quantitative estimate of drug-likeness (QED) is 0.394. The van der Waals surface area contributed by atoms with Crippen molar-refractivity contribution in [2.45, 2.75) is 19.0 Å². The van der Waals surface area contributed by atoms with Gasteiger partial charge in [0.2, 0.25) is 11.8 Å². The molecule has 37 heavy (non-hydrogen) atoms. The van der Waals surface area contributed by atoms with Crippen LogP contribution in [-0.2, 0) is 9.59 Å². The van der Waals surface area contributed by atoms with Crippen molar-refractivity contribution in [3.05, 3.63) is 126 Å². The fraction of sp³-hybridized carbons (Fsp3) is 0.161. The van der Waals surface area contributed by atoms with Crippen LogP contribution < -0.4 is 4.90 Å². The third kappa shape index (κ3) is 3.64. The second-order valence-corrected chi connectivity index (χ2v) is 9.64. The minimum absolute atomic E-state index is 0.168. The molecule has 0 aliphatic carbocycles. The number of imide groups is 1. The van der Waals surface area contributed by atoms with Crippen LogP contribution in [0.15, 0.2) is 109 Å². The van der Waals surface area contributed by atoms with E-state index in [-0.39, 0.29) is 23.4 Å². The van der Waals surface area contributed by atoms with E-state index >= 15 is 0 Å². The molecule has 0 N–H and O–H groups in total. The average Bonchev–Trinajstić information content (AvgIpc) is 3.41. The molecule has 3 heterocycles. The summed E-state index contributed by atoms with van der Waals surface area (Å²) >= 11 is 0. The van der Waals surface area contributed by atoms with E-state index in [1.807, 2.05) is 31.2 Å². The van der Waals surface area contributed by atoms with Crippen LogP contribution in [0.2, 0.25) is 0 Å². The molecule has 0 bridgehead atoms. The molecule has 2 unspecified atom stereocenters. The summed E-state index contributed by atoms with van der Waals surface area (Å²) in [4.78, 5) is 57.6. The van der Waals surface area contributed by atoms with E-state index in [1.54, 1.807) is 83.9 Å². The van der Waals surface area contributed by atoms with Crippen molar-refractivity contribution in [1.29, 1.82) is 0 Å². The molecule has 3 aromatic rings. The Kier molecular flexibility index (Phi) is 5.45. The number of carbonyl (C=O) groups is 4. The maximum absolute atomic E-state index is 13.8. The van der Waals surface area contributed by atoms with Crippen LogP contribution >= 0.6 is 0 Å². The van der Waals surface area contributed by atoms with Gasteiger partial charge in [-0.05, 0) is 25.1 Å². The first-order chi connectivity index (χ1) is 18.0. The molecule has 0 saturated carbocycles. The Balaban J connectivity index is 1.43. The standard InChI is InChI=1S/C31H24N2O4/c1-19-12-14-23(15-13-19)33-30(36)25-24-18-22(28(34)20-8-4-2-5-9-20)16-17-32(24)27(26(25)31(33)37)29(35)21-10-6-3-7-11-21/h2-18,24-27H,1H3/t24?,25-,26-,27?/m1/s1. The first-order valence-corrected chi connectivity index (χ1v) is 12.3. The molecular formula is C31H24N2O4. The van der Waals surface area contributed by atoms with Gasteiger partial charge in [0.15, 0.2) is 11.6 Å². The van der Waals surface area contributed by atoms with Crippen LogP contribution in [0.5, 0.6) is 0 Å². The van der Waals surface area contributed by atoms with Crippen LogP contribution in [0.25, 0.3) is 0 Å². The fourth-order valence-electron chi connectivity index (χ4n) is 5.68. The normalized spacial score (nSPS) is 24.1. The van der Waals surface area contributed by atoms with Crippen molar-refractivity contribution in [3.8, 4) is 0 Å². The number of fused-ring (bicyclic) bond motifs is 3. The van der Waals surface area contributed by atoms with E-state index in [1.165, 1.54) is 4.90 Å². The minimum atomic E-state index is -0.862. The highest BCUT2D eigenvalue weighted by Gasteiger charge is 2.63. The third-order valence-electron chi connectivity index (χ3n) is 7.47. The number of amides is 2. The SMILES string of the molecule is Cc1ccc(N2C(=O)[C@@H]3C4C=C(C(=O)c5ccccc5)C=CN4C(C(=O)c4ccccc4)[C@@H]3C2=O)cc1. The molecule has 2 amide bonds. The number of allylic oxidation sites excluding steroid dienone is 2. The number of rotatable bonds is 5. The van der Waals surface area contributed by atoms with Crippen molar-refractivity contribution in [2.24, 2.45) is 11.8 Å². The molecule has 0 spiro atoms. The minimum Gasteiger partial charge on any atom is -0.359 e. The summed E-state index contributed by atoms with van der Waals surface area (Å²) in [7, 11) is 0. The zero-order valence-corrected chi connectivity index (χ0v) is 20.2. The number of Topliss-reactive ketones (excluding diaryl/α,β-unsaturated/α-hetero) is 2. The maximum atomic E-state index is 13.8. The molecule has 3 aliphatic heterocycles. The van der Waals surface area contributed by atoms with E-state index in [2.05, 4.69) is 0 Å². The van der Waals surface area contributed by atoms with Crippen LogP contribution in [-0.4, -0.2) is 40.4 Å². The number of benzene rings is 3. The van der Waals surface area contributed by atoms with Gasteiger partial charge in [-0.1, -0.05) is 84.4 Å². The van der Waals surface area contributed by atoms with E-state index in [0.717, 1.165) is 5.56 Å². The predicted octanol–water partition coefficient (Wildman–Crippen LogP) is 4.37. The lowest BCUT2D eigenvalue weighted by Gasteiger charge is -2.32. The second kappa shape index (κ2) is 8.82. The average molecular weight is 489 g/mol. The van der Waals surface area contributed by atoms with Crippen molar-refractivity contribution >= 4 is 29.1 Å². The molecular weight excluding hydrogens is 464 g/mol. The largest absolute Gasteiger partial charge is 0.359 e. The number of aryl methyl sites for hydroxylation is 1. The third-order valence-corrected chi connectivity index (χ3v) is 7.47. The van der Waals surface area contributed by atoms with Crippen LogP contribution in [0, 0.1) is 18.8 Å². The van der Waals surface area contributed by atoms with E-state index < -0.39 is 23.9 Å². The molecule has 3 aliphatic rings. The molecule has 182 valence electrons. The molecule has 4 atom stereocenters. The first-order valence-electron chi connectivity index (χ1n) is 12.3. The number of nitrogens with zero attached hydrogens (tertiary/aromatic N) is 2. The Morgan fingerprint density at radius 1 is 0.730 bits per heavy atom. The van der Waals surface area contributed by atoms with Gasteiger partial charge in [0.05, 0.1) is 23.6 Å². The zero-order chi connectivity index (χ0) is 25.7. The lowest BCUT2D eigenvalue weighted by Crippen LogP contribution is -2.46.